The number of allylic oxidation sites excluding steroid dienone is 2. The van der Waals surface area contributed by atoms with Crippen LogP contribution in [0.1, 0.15) is 85.6 Å². The molecule has 288 valence electrons. The Morgan fingerprint density at radius 3 is 2.60 bits per heavy atom. The number of nitrogens with zero attached hydrogens (tertiary/aromatic N) is 2. The Bertz CT molecular complexity index is 1460. The molecule has 5 rings (SSSR count). The van der Waals surface area contributed by atoms with E-state index in [1.54, 1.807) is 49.1 Å². The molecular weight excluding hydrogens is 664 g/mol. The number of cyclic esters (lactones) is 1. The Labute approximate surface area is 308 Å². The highest BCUT2D eigenvalue weighted by molar-refractivity contribution is 5.71. The van der Waals surface area contributed by atoms with Gasteiger partial charge in [0.2, 0.25) is 0 Å². The second-order valence-electron chi connectivity index (χ2n) is 16.1. The van der Waals surface area contributed by atoms with Gasteiger partial charge in [-0.3, -0.25) is 9.69 Å². The Hall–Kier alpha value is -3.06. The summed E-state index contributed by atoms with van der Waals surface area (Å²) in [7, 11) is 0. The zero-order chi connectivity index (χ0) is 37.8. The van der Waals surface area contributed by atoms with Crippen molar-refractivity contribution in [1.82, 2.24) is 9.80 Å². The van der Waals surface area contributed by atoms with Gasteiger partial charge in [0, 0.05) is 50.0 Å². The van der Waals surface area contributed by atoms with Crippen molar-refractivity contribution in [3.8, 4) is 0 Å². The Balaban J connectivity index is 1.24. The molecule has 11 nitrogen and oxygen atoms in total. The number of ether oxygens (including phenoxy) is 3. The molecule has 52 heavy (non-hydrogen) atoms. The van der Waals surface area contributed by atoms with Crippen LogP contribution in [-0.2, 0) is 25.5 Å². The number of epoxide rings is 1. The van der Waals surface area contributed by atoms with E-state index in [2.05, 4.69) is 17.0 Å². The predicted octanol–water partition coefficient (Wildman–Crippen LogP) is 4.67. The molecule has 1 amide bonds. The summed E-state index contributed by atoms with van der Waals surface area (Å²) in [6, 6.07) is 10.6. The average molecular weight is 725 g/mol. The molecule has 4 heterocycles. The van der Waals surface area contributed by atoms with Crippen molar-refractivity contribution in [2.45, 2.75) is 147 Å². The molecule has 3 fully saturated rings. The summed E-state index contributed by atoms with van der Waals surface area (Å²) >= 11 is 0. The Morgan fingerprint density at radius 1 is 1.19 bits per heavy atom. The molecule has 0 radical (unpaired) electrons. The highest BCUT2D eigenvalue weighted by Gasteiger charge is 2.48. The van der Waals surface area contributed by atoms with Crippen LogP contribution in [0.15, 0.2) is 66.3 Å². The van der Waals surface area contributed by atoms with Crippen molar-refractivity contribution in [2.24, 2.45) is 11.8 Å². The minimum atomic E-state index is -1.50. The third-order valence-corrected chi connectivity index (χ3v) is 11.4. The number of likely N-dealkylation sites (tertiary alicyclic amines) is 2. The first-order chi connectivity index (χ1) is 24.6. The number of hydrogen-bond acceptors (Lipinski definition) is 10. The smallest absolute Gasteiger partial charge is 0.410 e. The first-order valence-corrected chi connectivity index (χ1v) is 19.0. The lowest BCUT2D eigenvalue weighted by atomic mass is 9.88. The molecule has 2 bridgehead atoms. The summed E-state index contributed by atoms with van der Waals surface area (Å²) in [4.78, 5) is 30.7. The maximum Gasteiger partial charge on any atom is 0.410 e. The number of benzene rings is 1. The Kier molecular flexibility index (Phi) is 13.1. The fourth-order valence-electron chi connectivity index (χ4n) is 7.96. The zero-order valence-corrected chi connectivity index (χ0v) is 31.6. The van der Waals surface area contributed by atoms with E-state index in [4.69, 9.17) is 14.2 Å². The van der Waals surface area contributed by atoms with Gasteiger partial charge in [0.15, 0.2) is 6.10 Å². The maximum atomic E-state index is 13.6. The molecule has 0 aliphatic carbocycles. The van der Waals surface area contributed by atoms with E-state index in [-0.39, 0.29) is 55.4 Å². The number of carbonyl (C=O) groups is 2. The third kappa shape index (κ3) is 10.3. The monoisotopic (exact) mass is 724 g/mol. The number of rotatable bonds is 11. The number of fused-ring (bicyclic) bond motifs is 2. The van der Waals surface area contributed by atoms with Gasteiger partial charge in [-0.1, -0.05) is 75.4 Å². The molecule has 4 aliphatic rings. The van der Waals surface area contributed by atoms with Crippen LogP contribution < -0.4 is 0 Å². The van der Waals surface area contributed by atoms with Crippen LogP contribution in [0.3, 0.4) is 0 Å². The first kappa shape index (κ1) is 40.1. The number of esters is 1. The van der Waals surface area contributed by atoms with Gasteiger partial charge in [-0.2, -0.15) is 0 Å². The van der Waals surface area contributed by atoms with E-state index in [0.29, 0.717) is 25.0 Å². The molecule has 12 atom stereocenters. The Morgan fingerprint density at radius 2 is 1.92 bits per heavy atom. The lowest BCUT2D eigenvalue weighted by molar-refractivity contribution is -0.151. The molecular formula is C41H60N2O9. The van der Waals surface area contributed by atoms with Crippen molar-refractivity contribution < 1.29 is 44.2 Å². The second-order valence-corrected chi connectivity index (χ2v) is 16.1. The number of aliphatic hydroxyl groups is 4. The molecule has 0 aromatic heterocycles. The van der Waals surface area contributed by atoms with Crippen LogP contribution in [0, 0.1) is 11.8 Å². The normalized spacial score (nSPS) is 35.4. The highest BCUT2D eigenvalue weighted by atomic mass is 16.6. The van der Waals surface area contributed by atoms with E-state index < -0.39 is 47.7 Å². The van der Waals surface area contributed by atoms with Crippen LogP contribution in [0.2, 0.25) is 0 Å². The van der Waals surface area contributed by atoms with Gasteiger partial charge in [-0.15, -0.1) is 0 Å². The summed E-state index contributed by atoms with van der Waals surface area (Å²) in [6.45, 7) is 13.0. The summed E-state index contributed by atoms with van der Waals surface area (Å²) in [6.07, 6.45) is 6.62. The van der Waals surface area contributed by atoms with Gasteiger partial charge in [-0.05, 0) is 63.7 Å². The van der Waals surface area contributed by atoms with E-state index in [1.807, 2.05) is 45.9 Å². The topological polar surface area (TPSA) is 153 Å². The quantitative estimate of drug-likeness (QED) is 0.110. The summed E-state index contributed by atoms with van der Waals surface area (Å²) in [5.74, 6) is -0.960. The highest BCUT2D eigenvalue weighted by Crippen LogP contribution is 2.38. The third-order valence-electron chi connectivity index (χ3n) is 11.4. The van der Waals surface area contributed by atoms with E-state index in [9.17, 15) is 30.0 Å². The second kappa shape index (κ2) is 17.0. The minimum absolute atomic E-state index is 0.0148. The van der Waals surface area contributed by atoms with Gasteiger partial charge in [0.25, 0.3) is 0 Å². The molecule has 4 aliphatic heterocycles. The molecule has 4 N–H and O–H groups in total. The van der Waals surface area contributed by atoms with Crippen LogP contribution in [0.25, 0.3) is 0 Å². The summed E-state index contributed by atoms with van der Waals surface area (Å²) < 4.78 is 17.7. The van der Waals surface area contributed by atoms with Crippen LogP contribution in [0.4, 0.5) is 4.79 Å². The predicted molar refractivity (Wildman–Crippen MR) is 197 cm³/mol. The fraction of sp³-hybridized carbons (Fsp3) is 0.659. The van der Waals surface area contributed by atoms with Gasteiger partial charge in [0.05, 0.1) is 36.4 Å². The van der Waals surface area contributed by atoms with Crippen LogP contribution >= 0.6 is 0 Å². The molecule has 11 heteroatoms. The number of carbonyl (C=O) groups excluding carboxylic acids is 2. The standard InChI is InChI=1S/C41H60N2O9/c1-7-33(45)28(4)38-34(50-38)22-40(5,48)18-11-12-26(2)37-27(3)15-16-35(41(6,49)19-17-32(44)21-36(46)52-37)51-39(47)43-25-30-20-31(43)24-42(30)23-29-13-9-8-10-14-29/h8-16,18,27-28,30-35,37-38,44-45,48-49H,7,17,19-25H2,1-6H3/t27?,28?,30-,31-,32?,33?,34?,35?,37?,38?,40?,41?/m0/s1. The maximum absolute atomic E-state index is 13.6. The van der Waals surface area contributed by atoms with E-state index >= 15 is 0 Å². The van der Waals surface area contributed by atoms with Crippen LogP contribution in [-0.4, -0.2) is 115 Å². The first-order valence-electron chi connectivity index (χ1n) is 19.0. The number of hydrogen-bond donors (Lipinski definition) is 4. The van der Waals surface area contributed by atoms with Gasteiger partial charge in [-0.25, -0.2) is 4.79 Å². The van der Waals surface area contributed by atoms with Gasteiger partial charge in [0.1, 0.15) is 11.7 Å². The number of piperazine rings is 1. The van der Waals surface area contributed by atoms with Crippen molar-refractivity contribution >= 4 is 12.1 Å². The average Bonchev–Trinajstić information content (AvgIpc) is 3.54. The summed E-state index contributed by atoms with van der Waals surface area (Å²) in [5, 5.41) is 43.5. The van der Waals surface area contributed by atoms with E-state index in [0.717, 1.165) is 19.5 Å². The zero-order valence-electron chi connectivity index (χ0n) is 31.6. The molecule has 0 saturated carbocycles. The molecule has 3 saturated heterocycles. The van der Waals surface area contributed by atoms with Gasteiger partial charge < -0.3 is 39.5 Å². The lowest BCUT2D eigenvalue weighted by Gasteiger charge is -2.37. The van der Waals surface area contributed by atoms with Crippen molar-refractivity contribution in [3.05, 3.63) is 71.8 Å². The largest absolute Gasteiger partial charge is 0.457 e. The molecule has 0 spiro atoms. The van der Waals surface area contributed by atoms with E-state index in [1.165, 1.54) is 5.56 Å². The molecule has 1 aromatic rings. The summed E-state index contributed by atoms with van der Waals surface area (Å²) in [5.41, 5.74) is -0.718. The number of aliphatic hydroxyl groups excluding tert-OH is 2. The van der Waals surface area contributed by atoms with Crippen LogP contribution in [0.5, 0.6) is 0 Å². The SMILES string of the molecule is CCC(O)C(C)C1OC1CC(C)(O)C=CC=C(C)C1OC(=O)CC(O)CCC(C)(O)C(OC(=O)N2C[C@@H]3C[C@H]2CN3Cc2ccccc2)C=CC1C. The fourth-order valence-corrected chi connectivity index (χ4v) is 7.96. The lowest BCUT2D eigenvalue weighted by Crippen LogP contribution is -2.51. The van der Waals surface area contributed by atoms with Crippen molar-refractivity contribution in [2.75, 3.05) is 13.1 Å². The minimum Gasteiger partial charge on any atom is -0.457 e. The molecule has 10 unspecified atom stereocenters. The molecule has 1 aromatic carbocycles. The van der Waals surface area contributed by atoms with Gasteiger partial charge >= 0.3 is 12.1 Å². The van der Waals surface area contributed by atoms with Crippen molar-refractivity contribution in [1.29, 1.82) is 0 Å². The van der Waals surface area contributed by atoms with Crippen molar-refractivity contribution in [3.63, 3.8) is 0 Å². The number of amides is 1.